The van der Waals surface area contributed by atoms with Crippen molar-refractivity contribution in [3.8, 4) is 5.75 Å². The van der Waals surface area contributed by atoms with Crippen molar-refractivity contribution in [2.45, 2.75) is 12.8 Å². The first-order chi connectivity index (χ1) is 7.21. The molecular formula is C8H5BrF5NO. The van der Waals surface area contributed by atoms with Crippen molar-refractivity contribution in [3.05, 3.63) is 22.2 Å². The smallest absolute Gasteiger partial charge is 0.417 e. The Hall–Kier alpha value is -1.05. The zero-order chi connectivity index (χ0) is 12.5. The number of halogens is 6. The van der Waals surface area contributed by atoms with Gasteiger partial charge in [0.1, 0.15) is 5.75 Å². The summed E-state index contributed by atoms with van der Waals surface area (Å²) < 4.78 is 64.3. The maximum atomic E-state index is 12.4. The van der Waals surface area contributed by atoms with E-state index in [0.717, 1.165) is 6.07 Å². The maximum Gasteiger partial charge on any atom is 0.417 e. The molecule has 2 nitrogen and oxygen atoms in total. The number of rotatable bonds is 2. The molecule has 8 heteroatoms. The van der Waals surface area contributed by atoms with E-state index >= 15 is 0 Å². The number of anilines is 1. The van der Waals surface area contributed by atoms with Gasteiger partial charge in [-0.05, 0) is 22.0 Å². The molecule has 16 heavy (non-hydrogen) atoms. The quantitative estimate of drug-likeness (QED) is 0.668. The van der Waals surface area contributed by atoms with E-state index < -0.39 is 28.6 Å². The van der Waals surface area contributed by atoms with Crippen molar-refractivity contribution in [1.82, 2.24) is 0 Å². The molecule has 0 atom stereocenters. The van der Waals surface area contributed by atoms with Gasteiger partial charge in [0.15, 0.2) is 0 Å². The predicted octanol–water partition coefficient (Wildman–Crippen LogP) is 3.65. The molecule has 0 bridgehead atoms. The number of ether oxygens (including phenoxy) is 1. The first-order valence-electron chi connectivity index (χ1n) is 3.83. The highest BCUT2D eigenvalue weighted by Gasteiger charge is 2.35. The topological polar surface area (TPSA) is 35.2 Å². The molecule has 0 amide bonds. The average Bonchev–Trinajstić information content (AvgIpc) is 2.07. The minimum absolute atomic E-state index is 0.314. The van der Waals surface area contributed by atoms with Crippen LogP contribution in [-0.2, 0) is 6.18 Å². The van der Waals surface area contributed by atoms with E-state index in [-0.39, 0.29) is 5.69 Å². The Morgan fingerprint density at radius 1 is 1.25 bits per heavy atom. The van der Waals surface area contributed by atoms with Crippen LogP contribution in [0.4, 0.5) is 27.6 Å². The van der Waals surface area contributed by atoms with Crippen LogP contribution in [0.1, 0.15) is 5.56 Å². The van der Waals surface area contributed by atoms with Crippen LogP contribution >= 0.6 is 15.9 Å². The molecule has 0 spiro atoms. The number of nitrogen functional groups attached to an aromatic ring is 1. The van der Waals surface area contributed by atoms with Gasteiger partial charge in [-0.2, -0.15) is 22.0 Å². The molecule has 0 aliphatic rings. The van der Waals surface area contributed by atoms with Gasteiger partial charge in [-0.15, -0.1) is 0 Å². The Bertz CT molecular complexity index is 393. The van der Waals surface area contributed by atoms with E-state index in [2.05, 4.69) is 20.7 Å². The molecule has 0 heterocycles. The highest BCUT2D eigenvalue weighted by molar-refractivity contribution is 9.10. The third-order valence-electron chi connectivity index (χ3n) is 1.58. The fourth-order valence-electron chi connectivity index (χ4n) is 1.01. The molecular weight excluding hydrogens is 301 g/mol. The minimum atomic E-state index is -4.70. The highest BCUT2D eigenvalue weighted by Crippen LogP contribution is 2.41. The Balaban J connectivity index is 3.26. The van der Waals surface area contributed by atoms with Gasteiger partial charge in [-0.1, -0.05) is 0 Å². The zero-order valence-electron chi connectivity index (χ0n) is 7.49. The number of hydrogen-bond acceptors (Lipinski definition) is 2. The number of alkyl halides is 5. The average molecular weight is 306 g/mol. The summed E-state index contributed by atoms with van der Waals surface area (Å²) in [7, 11) is 0. The third-order valence-corrected chi connectivity index (χ3v) is 2.40. The highest BCUT2D eigenvalue weighted by atomic mass is 79.9. The fourth-order valence-corrected chi connectivity index (χ4v) is 1.55. The van der Waals surface area contributed by atoms with E-state index in [4.69, 9.17) is 5.73 Å². The van der Waals surface area contributed by atoms with Crippen molar-refractivity contribution in [1.29, 1.82) is 0 Å². The van der Waals surface area contributed by atoms with Crippen LogP contribution in [0, 0.1) is 0 Å². The number of benzene rings is 1. The first-order valence-corrected chi connectivity index (χ1v) is 4.62. The maximum absolute atomic E-state index is 12.4. The van der Waals surface area contributed by atoms with E-state index in [0.29, 0.717) is 6.07 Å². The summed E-state index contributed by atoms with van der Waals surface area (Å²) in [5.41, 5.74) is 3.68. The van der Waals surface area contributed by atoms with Gasteiger partial charge < -0.3 is 10.5 Å². The second kappa shape index (κ2) is 4.44. The van der Waals surface area contributed by atoms with Crippen molar-refractivity contribution in [2.75, 3.05) is 5.73 Å². The summed E-state index contributed by atoms with van der Waals surface area (Å²) in [6.45, 7) is -3.22. The second-order valence-corrected chi connectivity index (χ2v) is 3.55. The van der Waals surface area contributed by atoms with E-state index in [9.17, 15) is 22.0 Å². The van der Waals surface area contributed by atoms with Crippen LogP contribution in [0.15, 0.2) is 16.6 Å². The molecule has 0 saturated heterocycles. The van der Waals surface area contributed by atoms with Gasteiger partial charge >= 0.3 is 12.8 Å². The summed E-state index contributed by atoms with van der Waals surface area (Å²) in [6.07, 6.45) is -4.70. The van der Waals surface area contributed by atoms with E-state index in [1.165, 1.54) is 0 Å². The largest absolute Gasteiger partial charge is 0.434 e. The van der Waals surface area contributed by atoms with Gasteiger partial charge in [0.25, 0.3) is 0 Å². The molecule has 1 rings (SSSR count). The normalized spacial score (nSPS) is 11.9. The summed E-state index contributed by atoms with van der Waals surface area (Å²) in [4.78, 5) is 0. The zero-order valence-corrected chi connectivity index (χ0v) is 9.07. The van der Waals surface area contributed by atoms with Gasteiger partial charge in [0.2, 0.25) is 0 Å². The monoisotopic (exact) mass is 305 g/mol. The van der Waals surface area contributed by atoms with Crippen LogP contribution in [0.5, 0.6) is 5.75 Å². The summed E-state index contributed by atoms with van der Waals surface area (Å²) in [5.74, 6) is -0.651. The Labute approximate surface area is 95.3 Å². The summed E-state index contributed by atoms with van der Waals surface area (Å²) in [5, 5.41) is 0. The number of hydrogen-bond donors (Lipinski definition) is 1. The van der Waals surface area contributed by atoms with Crippen molar-refractivity contribution >= 4 is 21.6 Å². The van der Waals surface area contributed by atoms with Gasteiger partial charge in [-0.3, -0.25) is 0 Å². The lowest BCUT2D eigenvalue weighted by Crippen LogP contribution is -2.10. The summed E-state index contributed by atoms with van der Waals surface area (Å²) >= 11 is 2.55. The Morgan fingerprint density at radius 2 is 1.81 bits per heavy atom. The minimum Gasteiger partial charge on any atom is -0.434 e. The molecule has 2 N–H and O–H groups in total. The summed E-state index contributed by atoms with van der Waals surface area (Å²) in [6, 6.07) is 1.51. The standard InChI is InChI=1S/C8H5BrF5NO/c9-6-4(8(12,13)14)1-3(15)2-5(6)16-7(10)11/h1-2,7H,15H2. The SMILES string of the molecule is Nc1cc(OC(F)F)c(Br)c(C(F)(F)F)c1. The number of nitrogens with two attached hydrogens (primary N) is 1. The van der Waals surface area contributed by atoms with Crippen LogP contribution in [0.2, 0.25) is 0 Å². The van der Waals surface area contributed by atoms with Crippen molar-refractivity contribution < 1.29 is 26.7 Å². The lowest BCUT2D eigenvalue weighted by atomic mass is 10.2. The van der Waals surface area contributed by atoms with Crippen molar-refractivity contribution in [3.63, 3.8) is 0 Å². The first kappa shape index (κ1) is 13.0. The van der Waals surface area contributed by atoms with Crippen molar-refractivity contribution in [2.24, 2.45) is 0 Å². The lowest BCUT2D eigenvalue weighted by molar-refractivity contribution is -0.138. The van der Waals surface area contributed by atoms with E-state index in [1.54, 1.807) is 0 Å². The molecule has 0 aliphatic carbocycles. The van der Waals surface area contributed by atoms with Crippen LogP contribution < -0.4 is 10.5 Å². The Morgan fingerprint density at radius 3 is 2.25 bits per heavy atom. The lowest BCUT2D eigenvalue weighted by Gasteiger charge is -2.14. The molecule has 0 aliphatic heterocycles. The van der Waals surface area contributed by atoms with E-state index in [1.807, 2.05) is 0 Å². The van der Waals surface area contributed by atoms with Gasteiger partial charge in [-0.25, -0.2) is 0 Å². The van der Waals surface area contributed by atoms with Crippen LogP contribution in [0.3, 0.4) is 0 Å². The molecule has 1 aromatic rings. The Kier molecular flexibility index (Phi) is 3.61. The molecule has 0 fully saturated rings. The molecule has 90 valence electrons. The van der Waals surface area contributed by atoms with Gasteiger partial charge in [0, 0.05) is 11.8 Å². The van der Waals surface area contributed by atoms with Crippen LogP contribution in [-0.4, -0.2) is 6.61 Å². The molecule has 0 saturated carbocycles. The predicted molar refractivity (Wildman–Crippen MR) is 50.2 cm³/mol. The fraction of sp³-hybridized carbons (Fsp3) is 0.250. The van der Waals surface area contributed by atoms with Gasteiger partial charge in [0.05, 0.1) is 10.0 Å². The second-order valence-electron chi connectivity index (χ2n) is 2.76. The molecule has 0 aromatic heterocycles. The third kappa shape index (κ3) is 2.97. The molecule has 1 aromatic carbocycles. The van der Waals surface area contributed by atoms with Crippen LogP contribution in [0.25, 0.3) is 0 Å². The molecule has 0 radical (unpaired) electrons. The molecule has 0 unspecified atom stereocenters.